The predicted molar refractivity (Wildman–Crippen MR) is 126 cm³/mol. The fourth-order valence-corrected chi connectivity index (χ4v) is 4.33. The summed E-state index contributed by atoms with van der Waals surface area (Å²) in [6, 6.07) is 17.6. The first-order chi connectivity index (χ1) is 17.0. The number of anilines is 2. The van der Waals surface area contributed by atoms with Gasteiger partial charge in [0.15, 0.2) is 5.13 Å². The van der Waals surface area contributed by atoms with Crippen LogP contribution in [-0.2, 0) is 30.0 Å². The van der Waals surface area contributed by atoms with Crippen molar-refractivity contribution in [2.75, 3.05) is 5.32 Å². The number of rotatable bonds is 7. The first-order valence-corrected chi connectivity index (χ1v) is 11.5. The summed E-state index contributed by atoms with van der Waals surface area (Å²) in [4.78, 5) is 17.1. The minimum absolute atomic E-state index is 0.0478. The third-order valence-electron chi connectivity index (χ3n) is 5.20. The smallest absolute Gasteiger partial charge is 0.332 e. The van der Waals surface area contributed by atoms with Crippen molar-refractivity contribution in [1.29, 1.82) is 0 Å². The molecule has 0 saturated heterocycles. The van der Waals surface area contributed by atoms with Gasteiger partial charge in [-0.1, -0.05) is 36.4 Å². The van der Waals surface area contributed by atoms with E-state index in [9.17, 15) is 31.1 Å². The van der Waals surface area contributed by atoms with Crippen LogP contribution in [0.2, 0.25) is 0 Å². The van der Waals surface area contributed by atoms with Crippen molar-refractivity contribution in [3.05, 3.63) is 100 Å². The average Bonchev–Trinajstić information content (AvgIpc) is 3.27. The highest BCUT2D eigenvalue weighted by Gasteiger charge is 2.37. The Morgan fingerprint density at radius 3 is 2.06 bits per heavy atom. The molecule has 0 fully saturated rings. The number of hydrogen-bond acceptors (Lipinski definition) is 4. The molecule has 1 heterocycles. The van der Waals surface area contributed by atoms with Gasteiger partial charge in [0, 0.05) is 29.5 Å². The van der Waals surface area contributed by atoms with E-state index in [4.69, 9.17) is 0 Å². The van der Waals surface area contributed by atoms with E-state index in [0.717, 1.165) is 11.3 Å². The maximum Gasteiger partial charge on any atom is 0.416 e. The first-order valence-electron chi connectivity index (χ1n) is 10.6. The minimum Gasteiger partial charge on any atom is -0.332 e. The zero-order chi connectivity index (χ0) is 25.9. The van der Waals surface area contributed by atoms with Gasteiger partial charge in [-0.25, -0.2) is 4.98 Å². The molecule has 0 spiro atoms. The van der Waals surface area contributed by atoms with E-state index in [0.29, 0.717) is 28.5 Å². The second kappa shape index (κ2) is 10.1. The molecule has 1 N–H and O–H groups in total. The summed E-state index contributed by atoms with van der Waals surface area (Å²) in [5.74, 6) is -0.510. The number of carbonyl (C=O) groups is 1. The summed E-state index contributed by atoms with van der Waals surface area (Å²) >= 11 is 1.39. The van der Waals surface area contributed by atoms with Crippen molar-refractivity contribution in [2.45, 2.75) is 25.2 Å². The Morgan fingerprint density at radius 2 is 1.42 bits per heavy atom. The SMILES string of the molecule is O=C(Cc1cccc(-c2csc(Nc3ccccc3)n2)c1)Cc1cc(C(F)(F)F)cc(C(F)(F)F)c1. The number of ketones is 1. The number of aromatic nitrogens is 1. The van der Waals surface area contributed by atoms with Crippen molar-refractivity contribution >= 4 is 27.9 Å². The molecule has 0 saturated carbocycles. The molecule has 1 aromatic heterocycles. The fraction of sp³-hybridized carbons (Fsp3) is 0.154. The zero-order valence-electron chi connectivity index (χ0n) is 18.5. The fourth-order valence-electron chi connectivity index (χ4n) is 3.59. The van der Waals surface area contributed by atoms with Gasteiger partial charge >= 0.3 is 12.4 Å². The summed E-state index contributed by atoms with van der Waals surface area (Å²) in [6.07, 6.45) is -10.6. The normalized spacial score (nSPS) is 11.9. The number of nitrogens with one attached hydrogen (secondary N) is 1. The lowest BCUT2D eigenvalue weighted by Gasteiger charge is -2.14. The van der Waals surface area contributed by atoms with E-state index < -0.39 is 35.7 Å². The van der Waals surface area contributed by atoms with Crippen LogP contribution >= 0.6 is 11.3 Å². The number of para-hydroxylation sites is 1. The molecule has 4 rings (SSSR count). The molecular formula is C26H18F6N2OS. The van der Waals surface area contributed by atoms with E-state index in [2.05, 4.69) is 10.3 Å². The molecule has 4 aromatic rings. The molecule has 0 radical (unpaired) electrons. The number of hydrogen-bond donors (Lipinski definition) is 1. The van der Waals surface area contributed by atoms with Gasteiger partial charge in [-0.2, -0.15) is 26.3 Å². The number of Topliss-reactive ketones (excluding diaryl/α,β-unsaturated/α-hetero) is 1. The van der Waals surface area contributed by atoms with Gasteiger partial charge in [-0.15, -0.1) is 11.3 Å². The molecule has 36 heavy (non-hydrogen) atoms. The van der Waals surface area contributed by atoms with Gasteiger partial charge in [-0.3, -0.25) is 4.79 Å². The van der Waals surface area contributed by atoms with Crippen molar-refractivity contribution < 1.29 is 31.1 Å². The number of alkyl halides is 6. The van der Waals surface area contributed by atoms with Crippen LogP contribution in [0.4, 0.5) is 37.2 Å². The Labute approximate surface area is 206 Å². The highest BCUT2D eigenvalue weighted by Crippen LogP contribution is 2.36. The van der Waals surface area contributed by atoms with E-state index in [1.54, 1.807) is 24.3 Å². The lowest BCUT2D eigenvalue weighted by Crippen LogP contribution is -2.14. The second-order valence-electron chi connectivity index (χ2n) is 8.04. The van der Waals surface area contributed by atoms with Gasteiger partial charge in [-0.05, 0) is 47.5 Å². The lowest BCUT2D eigenvalue weighted by atomic mass is 9.97. The number of halogens is 6. The van der Waals surface area contributed by atoms with Crippen LogP contribution < -0.4 is 5.32 Å². The standard InChI is InChI=1S/C26H18F6N2OS/c27-25(28,29)19-10-17(11-20(14-19)26(30,31)32)13-22(35)12-16-5-4-6-18(9-16)23-15-36-24(34-23)33-21-7-2-1-3-8-21/h1-11,14-15H,12-13H2,(H,33,34). The van der Waals surface area contributed by atoms with Gasteiger partial charge in [0.25, 0.3) is 0 Å². The highest BCUT2D eigenvalue weighted by atomic mass is 32.1. The van der Waals surface area contributed by atoms with Crippen LogP contribution in [0.1, 0.15) is 22.3 Å². The van der Waals surface area contributed by atoms with Crippen LogP contribution in [0.25, 0.3) is 11.3 Å². The Hall–Kier alpha value is -3.66. The monoisotopic (exact) mass is 520 g/mol. The molecule has 0 aliphatic carbocycles. The Bertz CT molecular complexity index is 1330. The highest BCUT2D eigenvalue weighted by molar-refractivity contribution is 7.14. The Kier molecular flexibility index (Phi) is 7.16. The molecular weight excluding hydrogens is 502 g/mol. The third kappa shape index (κ3) is 6.51. The maximum absolute atomic E-state index is 13.1. The largest absolute Gasteiger partial charge is 0.416 e. The van der Waals surface area contributed by atoms with E-state index in [1.807, 2.05) is 35.7 Å². The van der Waals surface area contributed by atoms with Gasteiger partial charge in [0.05, 0.1) is 16.8 Å². The average molecular weight is 520 g/mol. The van der Waals surface area contributed by atoms with Crippen LogP contribution in [0.5, 0.6) is 0 Å². The minimum atomic E-state index is -4.96. The van der Waals surface area contributed by atoms with Crippen molar-refractivity contribution in [1.82, 2.24) is 4.98 Å². The number of carbonyl (C=O) groups excluding carboxylic acids is 1. The van der Waals surface area contributed by atoms with Gasteiger partial charge < -0.3 is 5.32 Å². The zero-order valence-corrected chi connectivity index (χ0v) is 19.3. The van der Waals surface area contributed by atoms with Crippen molar-refractivity contribution in [2.24, 2.45) is 0 Å². The summed E-state index contributed by atoms with van der Waals surface area (Å²) < 4.78 is 78.5. The number of benzene rings is 3. The molecule has 186 valence electrons. The number of nitrogens with zero attached hydrogens (tertiary/aromatic N) is 1. The molecule has 3 nitrogen and oxygen atoms in total. The first kappa shape index (κ1) is 25.4. The molecule has 10 heteroatoms. The Balaban J connectivity index is 1.48. The van der Waals surface area contributed by atoms with Gasteiger partial charge in [0.2, 0.25) is 0 Å². The maximum atomic E-state index is 13.1. The summed E-state index contributed by atoms with van der Waals surface area (Å²) in [5, 5.41) is 5.70. The molecule has 3 aromatic carbocycles. The molecule has 0 amide bonds. The molecule has 0 aliphatic heterocycles. The van der Waals surface area contributed by atoms with Crippen molar-refractivity contribution in [3.63, 3.8) is 0 Å². The molecule has 0 bridgehead atoms. The van der Waals surface area contributed by atoms with Gasteiger partial charge in [0.1, 0.15) is 5.78 Å². The quantitative estimate of drug-likeness (QED) is 0.252. The molecule has 0 aliphatic rings. The topological polar surface area (TPSA) is 42.0 Å². The van der Waals surface area contributed by atoms with E-state index in [-0.39, 0.29) is 18.1 Å². The summed E-state index contributed by atoms with van der Waals surface area (Å²) in [5.41, 5.74) is -0.366. The summed E-state index contributed by atoms with van der Waals surface area (Å²) in [7, 11) is 0. The van der Waals surface area contributed by atoms with Crippen LogP contribution in [0.3, 0.4) is 0 Å². The predicted octanol–water partition coefficient (Wildman–Crippen LogP) is 7.95. The van der Waals surface area contributed by atoms with Crippen LogP contribution in [-0.4, -0.2) is 10.8 Å². The lowest BCUT2D eigenvalue weighted by molar-refractivity contribution is -0.143. The second-order valence-corrected chi connectivity index (χ2v) is 8.89. The summed E-state index contributed by atoms with van der Waals surface area (Å²) in [6.45, 7) is 0. The Morgan fingerprint density at radius 1 is 0.778 bits per heavy atom. The molecule has 0 atom stereocenters. The number of thiazole rings is 1. The van der Waals surface area contributed by atoms with E-state index in [1.165, 1.54) is 11.3 Å². The van der Waals surface area contributed by atoms with Crippen molar-refractivity contribution in [3.8, 4) is 11.3 Å². The van der Waals surface area contributed by atoms with Crippen LogP contribution in [0, 0.1) is 0 Å². The van der Waals surface area contributed by atoms with Crippen LogP contribution in [0.15, 0.2) is 78.2 Å². The van der Waals surface area contributed by atoms with E-state index >= 15 is 0 Å². The third-order valence-corrected chi connectivity index (χ3v) is 5.96. The molecule has 0 unspecified atom stereocenters.